The summed E-state index contributed by atoms with van der Waals surface area (Å²) >= 11 is 0. The van der Waals surface area contributed by atoms with Crippen molar-refractivity contribution in [1.29, 1.82) is 0 Å². The van der Waals surface area contributed by atoms with Crippen LogP contribution in [0.3, 0.4) is 0 Å². The number of carbonyl (C=O) groups excluding carboxylic acids is 2. The Labute approximate surface area is 136 Å². The number of nitrogens with zero attached hydrogens (tertiary/aromatic N) is 1. The third-order valence-corrected chi connectivity index (χ3v) is 4.28. The van der Waals surface area contributed by atoms with E-state index in [0.29, 0.717) is 6.54 Å². The average Bonchev–Trinajstić information content (AvgIpc) is 2.79. The molecule has 1 heterocycles. The van der Waals surface area contributed by atoms with Crippen molar-refractivity contribution < 1.29 is 18.0 Å². The molecule has 0 saturated carbocycles. The first kappa shape index (κ1) is 17.4. The molecule has 0 radical (unpaired) electrons. The Morgan fingerprint density at radius 1 is 1.30 bits per heavy atom. The van der Waals surface area contributed by atoms with Crippen molar-refractivity contribution >= 4 is 27.5 Å². The summed E-state index contributed by atoms with van der Waals surface area (Å²) in [5.41, 5.74) is 1.93. The molecule has 0 aromatic heterocycles. The second-order valence-electron chi connectivity index (χ2n) is 5.72. The first-order chi connectivity index (χ1) is 10.7. The van der Waals surface area contributed by atoms with Gasteiger partial charge in [-0.15, -0.1) is 0 Å². The number of nitrogens with one attached hydrogen (secondary N) is 2. The van der Waals surface area contributed by atoms with Crippen LogP contribution in [0.25, 0.3) is 0 Å². The predicted molar refractivity (Wildman–Crippen MR) is 87.5 cm³/mol. The van der Waals surface area contributed by atoms with E-state index >= 15 is 0 Å². The number of hydrogen-bond donors (Lipinski definition) is 2. The highest BCUT2D eigenvalue weighted by Crippen LogP contribution is 2.21. The number of carbonyl (C=O) groups is 2. The minimum absolute atomic E-state index is 0.0339. The van der Waals surface area contributed by atoms with Gasteiger partial charge in [0.1, 0.15) is 0 Å². The van der Waals surface area contributed by atoms with Gasteiger partial charge in [0.05, 0.1) is 12.3 Å². The molecule has 1 aliphatic rings. The summed E-state index contributed by atoms with van der Waals surface area (Å²) in [5.74, 6) is -0.307. The lowest BCUT2D eigenvalue weighted by molar-refractivity contribution is -0.121. The fourth-order valence-corrected chi connectivity index (χ4v) is 2.90. The summed E-state index contributed by atoms with van der Waals surface area (Å²) < 4.78 is 24.1. The second kappa shape index (κ2) is 7.10. The molecule has 8 heteroatoms. The zero-order valence-electron chi connectivity index (χ0n) is 13.2. The van der Waals surface area contributed by atoms with E-state index < -0.39 is 10.0 Å². The van der Waals surface area contributed by atoms with Gasteiger partial charge in [0.25, 0.3) is 0 Å². The summed E-state index contributed by atoms with van der Waals surface area (Å²) in [7, 11) is -3.30. The lowest BCUT2D eigenvalue weighted by Crippen LogP contribution is -2.38. The number of aryl methyl sites for hydroxylation is 1. The molecule has 1 aliphatic heterocycles. The van der Waals surface area contributed by atoms with Crippen LogP contribution >= 0.6 is 0 Å². The van der Waals surface area contributed by atoms with Gasteiger partial charge in [-0.2, -0.15) is 0 Å². The highest BCUT2D eigenvalue weighted by Gasteiger charge is 2.31. The van der Waals surface area contributed by atoms with Gasteiger partial charge >= 0.3 is 0 Å². The predicted octanol–water partition coefficient (Wildman–Crippen LogP) is 0.156. The zero-order valence-corrected chi connectivity index (χ0v) is 14.0. The Morgan fingerprint density at radius 2 is 1.96 bits per heavy atom. The molecule has 0 bridgehead atoms. The van der Waals surface area contributed by atoms with Gasteiger partial charge in [-0.3, -0.25) is 9.59 Å². The molecular weight excluding hydrogens is 318 g/mol. The van der Waals surface area contributed by atoms with Crippen LogP contribution in [0.4, 0.5) is 5.69 Å². The molecule has 1 aromatic carbocycles. The normalized spacial score (nSPS) is 18.3. The maximum Gasteiger partial charge on any atom is 0.229 e. The summed E-state index contributed by atoms with van der Waals surface area (Å²) in [5, 5.41) is 2.77. The van der Waals surface area contributed by atoms with Crippen LogP contribution < -0.4 is 14.9 Å². The molecule has 126 valence electrons. The van der Waals surface area contributed by atoms with Gasteiger partial charge in [-0.05, 0) is 19.1 Å². The summed E-state index contributed by atoms with van der Waals surface area (Å²) in [6, 6.07) is 7.38. The maximum atomic E-state index is 12.1. The molecule has 23 heavy (non-hydrogen) atoms. The number of anilines is 1. The third-order valence-electron chi connectivity index (χ3n) is 3.55. The van der Waals surface area contributed by atoms with Crippen LogP contribution in [0, 0.1) is 6.92 Å². The summed E-state index contributed by atoms with van der Waals surface area (Å²) in [4.78, 5) is 25.5. The van der Waals surface area contributed by atoms with Crippen LogP contribution in [-0.2, 0) is 19.6 Å². The Morgan fingerprint density at radius 3 is 2.57 bits per heavy atom. The molecule has 0 spiro atoms. The van der Waals surface area contributed by atoms with Crippen molar-refractivity contribution in [3.05, 3.63) is 29.8 Å². The van der Waals surface area contributed by atoms with E-state index in [1.165, 1.54) is 0 Å². The van der Waals surface area contributed by atoms with Crippen molar-refractivity contribution in [3.8, 4) is 0 Å². The zero-order chi connectivity index (χ0) is 17.0. The number of rotatable bonds is 6. The van der Waals surface area contributed by atoms with Gasteiger partial charge in [-0.25, -0.2) is 13.1 Å². The van der Waals surface area contributed by atoms with E-state index in [-0.39, 0.29) is 37.2 Å². The molecule has 2 amide bonds. The lowest BCUT2D eigenvalue weighted by Gasteiger charge is -2.17. The van der Waals surface area contributed by atoms with E-state index in [9.17, 15) is 18.0 Å². The van der Waals surface area contributed by atoms with Gasteiger partial charge in [0.15, 0.2) is 0 Å². The van der Waals surface area contributed by atoms with Crippen LogP contribution in [0.15, 0.2) is 24.3 Å². The highest BCUT2D eigenvalue weighted by atomic mass is 32.2. The van der Waals surface area contributed by atoms with E-state index in [1.807, 2.05) is 31.2 Å². The van der Waals surface area contributed by atoms with Crippen LogP contribution in [-0.4, -0.2) is 45.6 Å². The average molecular weight is 339 g/mol. The largest absolute Gasteiger partial charge is 0.351 e. The molecule has 1 atom stereocenters. The Bertz CT molecular complexity index is 685. The highest BCUT2D eigenvalue weighted by molar-refractivity contribution is 7.88. The molecule has 1 fully saturated rings. The minimum Gasteiger partial charge on any atom is -0.351 e. The van der Waals surface area contributed by atoms with Crippen LogP contribution in [0.5, 0.6) is 0 Å². The standard InChI is InChI=1S/C15H21N3O4S/c1-11-3-5-13(6-4-11)18-10-12(9-15(18)20)17-14(19)7-8-16-23(2,21)22/h3-6,12,16H,7-10H2,1-2H3,(H,17,19)/t12-/m1/s1. The number of sulfonamides is 1. The molecule has 0 aliphatic carbocycles. The van der Waals surface area contributed by atoms with Gasteiger partial charge in [-0.1, -0.05) is 17.7 Å². The number of hydrogen-bond acceptors (Lipinski definition) is 4. The monoisotopic (exact) mass is 339 g/mol. The van der Waals surface area contributed by atoms with Crippen LogP contribution in [0.1, 0.15) is 18.4 Å². The fraction of sp³-hybridized carbons (Fsp3) is 0.467. The van der Waals surface area contributed by atoms with Crippen molar-refractivity contribution in [3.63, 3.8) is 0 Å². The van der Waals surface area contributed by atoms with Gasteiger partial charge in [0.2, 0.25) is 21.8 Å². The van der Waals surface area contributed by atoms with Crippen molar-refractivity contribution in [1.82, 2.24) is 10.0 Å². The number of benzene rings is 1. The maximum absolute atomic E-state index is 12.1. The molecule has 2 rings (SSSR count). The van der Waals surface area contributed by atoms with Crippen molar-refractivity contribution in [2.45, 2.75) is 25.8 Å². The summed E-state index contributed by atoms with van der Waals surface area (Å²) in [6.45, 7) is 2.45. The van der Waals surface area contributed by atoms with E-state index in [0.717, 1.165) is 17.5 Å². The molecule has 1 aromatic rings. The topological polar surface area (TPSA) is 95.6 Å². The Balaban J connectivity index is 1.85. The van der Waals surface area contributed by atoms with E-state index in [1.54, 1.807) is 4.90 Å². The SMILES string of the molecule is Cc1ccc(N2C[C@H](NC(=O)CCNS(C)(=O)=O)CC2=O)cc1. The molecule has 1 saturated heterocycles. The molecule has 7 nitrogen and oxygen atoms in total. The minimum atomic E-state index is -3.30. The quantitative estimate of drug-likeness (QED) is 0.771. The van der Waals surface area contributed by atoms with E-state index in [4.69, 9.17) is 0 Å². The Kier molecular flexibility index (Phi) is 5.38. The Hall–Kier alpha value is -1.93. The van der Waals surface area contributed by atoms with Gasteiger partial charge in [0, 0.05) is 31.6 Å². The second-order valence-corrected chi connectivity index (χ2v) is 7.56. The van der Waals surface area contributed by atoms with Crippen molar-refractivity contribution in [2.24, 2.45) is 0 Å². The van der Waals surface area contributed by atoms with Crippen LogP contribution in [0.2, 0.25) is 0 Å². The smallest absolute Gasteiger partial charge is 0.229 e. The molecular formula is C15H21N3O4S. The van der Waals surface area contributed by atoms with Crippen molar-refractivity contribution in [2.75, 3.05) is 24.2 Å². The van der Waals surface area contributed by atoms with Gasteiger partial charge < -0.3 is 10.2 Å². The first-order valence-corrected chi connectivity index (χ1v) is 9.25. The first-order valence-electron chi connectivity index (χ1n) is 7.35. The number of amides is 2. The third kappa shape index (κ3) is 5.33. The summed E-state index contributed by atoms with van der Waals surface area (Å²) in [6.07, 6.45) is 1.33. The fourth-order valence-electron chi connectivity index (χ4n) is 2.43. The molecule has 2 N–H and O–H groups in total. The lowest BCUT2D eigenvalue weighted by atomic mass is 10.2. The molecule has 0 unspecified atom stereocenters. The van der Waals surface area contributed by atoms with E-state index in [2.05, 4.69) is 10.0 Å².